The summed E-state index contributed by atoms with van der Waals surface area (Å²) in [4.78, 5) is 2.71. The Morgan fingerprint density at radius 1 is 1.73 bits per heavy atom. The van der Waals surface area contributed by atoms with Crippen molar-refractivity contribution in [2.45, 2.75) is 19.8 Å². The summed E-state index contributed by atoms with van der Waals surface area (Å²) in [6.07, 6.45) is 0. The molecule has 0 radical (unpaired) electrons. The third-order valence-electron chi connectivity index (χ3n) is 1.64. The van der Waals surface area contributed by atoms with Crippen LogP contribution in [0.3, 0.4) is 0 Å². The number of thiophene rings is 1. The fourth-order valence-electron chi connectivity index (χ4n) is 0.944. The van der Waals surface area contributed by atoms with Crippen LogP contribution in [0, 0.1) is 6.92 Å². The number of nitrogens with two attached hydrogens (primary N) is 1. The molecular formula is C8H12BrNS. The van der Waals surface area contributed by atoms with Crippen LogP contribution < -0.4 is 5.73 Å². The summed E-state index contributed by atoms with van der Waals surface area (Å²) in [6, 6.07) is 2.14. The van der Waals surface area contributed by atoms with Gasteiger partial charge in [-0.15, -0.1) is 11.3 Å². The molecule has 0 aliphatic rings. The van der Waals surface area contributed by atoms with E-state index in [-0.39, 0.29) is 0 Å². The van der Waals surface area contributed by atoms with Crippen LogP contribution in [0.1, 0.15) is 22.6 Å². The van der Waals surface area contributed by atoms with Crippen LogP contribution in [-0.2, 0) is 0 Å². The quantitative estimate of drug-likeness (QED) is 0.836. The highest BCUT2D eigenvalue weighted by Crippen LogP contribution is 2.32. The van der Waals surface area contributed by atoms with Gasteiger partial charge in [0, 0.05) is 20.1 Å². The van der Waals surface area contributed by atoms with Gasteiger partial charge in [-0.2, -0.15) is 0 Å². The van der Waals surface area contributed by atoms with E-state index in [9.17, 15) is 0 Å². The van der Waals surface area contributed by atoms with Gasteiger partial charge < -0.3 is 5.73 Å². The fourth-order valence-corrected chi connectivity index (χ4v) is 3.05. The normalized spacial score (nSPS) is 13.5. The third-order valence-corrected chi connectivity index (χ3v) is 3.84. The van der Waals surface area contributed by atoms with Crippen LogP contribution in [0.4, 0.5) is 0 Å². The summed E-state index contributed by atoms with van der Waals surface area (Å²) in [5, 5.41) is 0. The van der Waals surface area contributed by atoms with E-state index in [4.69, 9.17) is 5.73 Å². The molecule has 1 nitrogen and oxygen atoms in total. The first-order valence-electron chi connectivity index (χ1n) is 3.61. The van der Waals surface area contributed by atoms with Gasteiger partial charge in [0.2, 0.25) is 0 Å². The van der Waals surface area contributed by atoms with Crippen molar-refractivity contribution in [1.29, 1.82) is 0 Å². The van der Waals surface area contributed by atoms with E-state index in [1.54, 1.807) is 0 Å². The van der Waals surface area contributed by atoms with Crippen molar-refractivity contribution in [2.24, 2.45) is 5.73 Å². The Hall–Kier alpha value is 0.140. The second-order valence-corrected chi connectivity index (χ2v) is 4.85. The predicted molar refractivity (Wildman–Crippen MR) is 54.2 cm³/mol. The smallest absolute Gasteiger partial charge is 0.0320 e. The van der Waals surface area contributed by atoms with Gasteiger partial charge in [0.05, 0.1) is 0 Å². The average molecular weight is 234 g/mol. The molecule has 0 fully saturated rings. The Kier molecular flexibility index (Phi) is 3.10. The van der Waals surface area contributed by atoms with E-state index < -0.39 is 0 Å². The van der Waals surface area contributed by atoms with Crippen LogP contribution in [0.5, 0.6) is 0 Å². The standard InChI is InChI=1S/C8H12BrNS/c1-5(4-10)8-7(9)3-6(2)11-8/h3,5H,4,10H2,1-2H3. The van der Waals surface area contributed by atoms with Gasteiger partial charge in [-0.05, 0) is 35.5 Å². The Labute approximate surface area is 79.7 Å². The van der Waals surface area contributed by atoms with E-state index in [0.29, 0.717) is 5.92 Å². The lowest BCUT2D eigenvalue weighted by Gasteiger charge is -2.04. The summed E-state index contributed by atoms with van der Waals surface area (Å²) in [7, 11) is 0. The molecule has 0 bridgehead atoms. The van der Waals surface area contributed by atoms with Gasteiger partial charge in [-0.3, -0.25) is 0 Å². The molecule has 0 saturated carbocycles. The summed E-state index contributed by atoms with van der Waals surface area (Å²) in [5.74, 6) is 0.475. The Balaban J connectivity index is 2.93. The molecule has 1 rings (SSSR count). The summed E-state index contributed by atoms with van der Waals surface area (Å²) in [6.45, 7) is 4.98. The van der Waals surface area contributed by atoms with Gasteiger partial charge in [-0.25, -0.2) is 0 Å². The molecule has 2 N–H and O–H groups in total. The largest absolute Gasteiger partial charge is 0.330 e. The van der Waals surface area contributed by atoms with Crippen molar-refractivity contribution in [2.75, 3.05) is 6.54 Å². The molecule has 1 atom stereocenters. The first kappa shape index (κ1) is 9.23. The minimum Gasteiger partial charge on any atom is -0.330 e. The number of rotatable bonds is 2. The molecule has 0 amide bonds. The monoisotopic (exact) mass is 233 g/mol. The first-order chi connectivity index (χ1) is 5.15. The van der Waals surface area contributed by atoms with Gasteiger partial charge in [-0.1, -0.05) is 6.92 Å². The first-order valence-corrected chi connectivity index (χ1v) is 5.22. The number of hydrogen-bond acceptors (Lipinski definition) is 2. The molecule has 0 aromatic carbocycles. The SMILES string of the molecule is Cc1cc(Br)c(C(C)CN)s1. The molecular weight excluding hydrogens is 222 g/mol. The molecule has 1 heterocycles. The Bertz CT molecular complexity index is 244. The Morgan fingerprint density at radius 2 is 2.36 bits per heavy atom. The minimum atomic E-state index is 0.475. The molecule has 0 saturated heterocycles. The molecule has 1 unspecified atom stereocenters. The van der Waals surface area contributed by atoms with Crippen LogP contribution in [0.2, 0.25) is 0 Å². The number of halogens is 1. The highest BCUT2D eigenvalue weighted by molar-refractivity contribution is 9.10. The summed E-state index contributed by atoms with van der Waals surface area (Å²) < 4.78 is 1.21. The lowest BCUT2D eigenvalue weighted by Crippen LogP contribution is -2.07. The average Bonchev–Trinajstić information content (AvgIpc) is 2.28. The summed E-state index contributed by atoms with van der Waals surface area (Å²) in [5.41, 5.74) is 5.57. The van der Waals surface area contributed by atoms with Crippen molar-refractivity contribution in [3.63, 3.8) is 0 Å². The van der Waals surface area contributed by atoms with Crippen molar-refractivity contribution >= 4 is 27.3 Å². The molecule has 1 aromatic rings. The molecule has 0 aliphatic carbocycles. The van der Waals surface area contributed by atoms with Gasteiger partial charge in [0.25, 0.3) is 0 Å². The molecule has 3 heteroatoms. The van der Waals surface area contributed by atoms with E-state index in [0.717, 1.165) is 6.54 Å². The van der Waals surface area contributed by atoms with Crippen LogP contribution in [-0.4, -0.2) is 6.54 Å². The maximum absolute atomic E-state index is 5.57. The number of aryl methyl sites for hydroxylation is 1. The third kappa shape index (κ3) is 2.04. The lowest BCUT2D eigenvalue weighted by atomic mass is 10.1. The minimum absolute atomic E-state index is 0.475. The van der Waals surface area contributed by atoms with Crippen molar-refractivity contribution < 1.29 is 0 Å². The fraction of sp³-hybridized carbons (Fsp3) is 0.500. The lowest BCUT2D eigenvalue weighted by molar-refractivity contribution is 0.787. The van der Waals surface area contributed by atoms with E-state index in [1.165, 1.54) is 14.2 Å². The predicted octanol–water partition coefficient (Wildman–Crippen LogP) is 2.88. The zero-order valence-electron chi connectivity index (χ0n) is 6.73. The second kappa shape index (κ2) is 3.70. The van der Waals surface area contributed by atoms with Crippen molar-refractivity contribution in [3.05, 3.63) is 20.3 Å². The zero-order valence-corrected chi connectivity index (χ0v) is 9.13. The van der Waals surface area contributed by atoms with Crippen molar-refractivity contribution in [3.8, 4) is 0 Å². The Morgan fingerprint density at radius 3 is 2.73 bits per heavy atom. The number of hydrogen-bond donors (Lipinski definition) is 1. The van der Waals surface area contributed by atoms with Crippen LogP contribution in [0.15, 0.2) is 10.5 Å². The zero-order chi connectivity index (χ0) is 8.43. The van der Waals surface area contributed by atoms with Gasteiger partial charge in [0.15, 0.2) is 0 Å². The summed E-state index contributed by atoms with van der Waals surface area (Å²) >= 11 is 5.33. The maximum atomic E-state index is 5.57. The topological polar surface area (TPSA) is 26.0 Å². The van der Waals surface area contributed by atoms with Crippen LogP contribution in [0.25, 0.3) is 0 Å². The van der Waals surface area contributed by atoms with E-state index >= 15 is 0 Å². The van der Waals surface area contributed by atoms with Gasteiger partial charge >= 0.3 is 0 Å². The molecule has 0 spiro atoms. The van der Waals surface area contributed by atoms with E-state index in [1.807, 2.05) is 11.3 Å². The highest BCUT2D eigenvalue weighted by atomic mass is 79.9. The van der Waals surface area contributed by atoms with Crippen molar-refractivity contribution in [1.82, 2.24) is 0 Å². The van der Waals surface area contributed by atoms with Crippen LogP contribution >= 0.6 is 27.3 Å². The molecule has 11 heavy (non-hydrogen) atoms. The van der Waals surface area contributed by atoms with E-state index in [2.05, 4.69) is 35.8 Å². The molecule has 62 valence electrons. The van der Waals surface area contributed by atoms with Gasteiger partial charge in [0.1, 0.15) is 0 Å². The maximum Gasteiger partial charge on any atom is 0.0320 e. The highest BCUT2D eigenvalue weighted by Gasteiger charge is 2.10. The molecule has 0 aliphatic heterocycles. The molecule has 1 aromatic heterocycles. The second-order valence-electron chi connectivity index (χ2n) is 2.71.